The fourth-order valence-electron chi connectivity index (χ4n) is 1.82. The second-order valence-electron chi connectivity index (χ2n) is 4.35. The molecule has 2 aromatic rings. The van der Waals surface area contributed by atoms with Crippen LogP contribution in [0.15, 0.2) is 42.7 Å². The van der Waals surface area contributed by atoms with Gasteiger partial charge in [0.25, 0.3) is 0 Å². The van der Waals surface area contributed by atoms with Gasteiger partial charge in [-0.2, -0.15) is 0 Å². The molecule has 0 saturated heterocycles. The van der Waals surface area contributed by atoms with E-state index in [2.05, 4.69) is 14.9 Å². The van der Waals surface area contributed by atoms with Crippen LogP contribution in [0, 0.1) is 0 Å². The van der Waals surface area contributed by atoms with E-state index in [1.54, 1.807) is 18.5 Å². The normalized spacial score (nSPS) is 10.6. The first kappa shape index (κ1) is 13.2. The highest BCUT2D eigenvalue weighted by Crippen LogP contribution is 2.06. The number of hydrogen-bond donors (Lipinski definition) is 1. The Morgan fingerprint density at radius 2 is 1.95 bits per heavy atom. The van der Waals surface area contributed by atoms with Gasteiger partial charge >= 0.3 is 5.97 Å². The van der Waals surface area contributed by atoms with E-state index in [4.69, 9.17) is 5.11 Å². The number of aromatic carboxylic acids is 1. The average Bonchev–Trinajstić information content (AvgIpc) is 2.40. The van der Waals surface area contributed by atoms with Crippen molar-refractivity contribution in [3.8, 4) is 0 Å². The number of carboxylic acid groups (broad SMARTS) is 1. The van der Waals surface area contributed by atoms with E-state index in [0.29, 0.717) is 6.54 Å². The van der Waals surface area contributed by atoms with Crippen LogP contribution in [0.3, 0.4) is 0 Å². The summed E-state index contributed by atoms with van der Waals surface area (Å²) in [5, 5.41) is 8.90. The smallest absolute Gasteiger partial charge is 0.354 e. The van der Waals surface area contributed by atoms with Gasteiger partial charge in [0.15, 0.2) is 0 Å². The molecule has 0 spiro atoms. The first-order chi connectivity index (χ1) is 9.15. The Balaban J connectivity index is 2.01. The number of hydrogen-bond acceptors (Lipinski definition) is 4. The molecule has 0 atom stereocenters. The molecule has 0 radical (unpaired) electrons. The van der Waals surface area contributed by atoms with E-state index < -0.39 is 5.97 Å². The highest BCUT2D eigenvalue weighted by atomic mass is 16.4. The van der Waals surface area contributed by atoms with Gasteiger partial charge in [0.2, 0.25) is 0 Å². The summed E-state index contributed by atoms with van der Waals surface area (Å²) in [6, 6.07) is 8.95. The summed E-state index contributed by atoms with van der Waals surface area (Å²) < 4.78 is 0. The number of carboxylic acids is 1. The van der Waals surface area contributed by atoms with Crippen LogP contribution >= 0.6 is 0 Å². The minimum atomic E-state index is -1.00. The van der Waals surface area contributed by atoms with Crippen molar-refractivity contribution in [1.29, 1.82) is 0 Å². The van der Waals surface area contributed by atoms with Crippen molar-refractivity contribution in [2.75, 3.05) is 7.05 Å². The van der Waals surface area contributed by atoms with Crippen molar-refractivity contribution in [2.24, 2.45) is 0 Å². The molecule has 0 bridgehead atoms. The fourth-order valence-corrected chi connectivity index (χ4v) is 1.82. The number of nitrogens with zero attached hydrogens (tertiary/aromatic N) is 3. The lowest BCUT2D eigenvalue weighted by molar-refractivity contribution is 0.0690. The summed E-state index contributed by atoms with van der Waals surface area (Å²) >= 11 is 0. The summed E-state index contributed by atoms with van der Waals surface area (Å²) in [5.41, 5.74) is 1.98. The Kier molecular flexibility index (Phi) is 4.20. The van der Waals surface area contributed by atoms with E-state index in [1.165, 1.54) is 6.07 Å². The standard InChI is InChI=1S/C14H15N3O2/c1-17(9-11-5-7-15-8-6-11)10-12-3-2-4-13(16-12)14(18)19/h2-8H,9-10H2,1H3,(H,18,19). The molecule has 2 heterocycles. The Labute approximate surface area is 111 Å². The second-order valence-corrected chi connectivity index (χ2v) is 4.35. The maximum Gasteiger partial charge on any atom is 0.354 e. The highest BCUT2D eigenvalue weighted by Gasteiger charge is 2.07. The lowest BCUT2D eigenvalue weighted by atomic mass is 10.2. The zero-order chi connectivity index (χ0) is 13.7. The van der Waals surface area contributed by atoms with Crippen LogP contribution in [0.4, 0.5) is 0 Å². The summed E-state index contributed by atoms with van der Waals surface area (Å²) in [7, 11) is 1.97. The Hall–Kier alpha value is -2.27. The lowest BCUT2D eigenvalue weighted by Gasteiger charge is -2.16. The van der Waals surface area contributed by atoms with Gasteiger partial charge < -0.3 is 5.11 Å². The van der Waals surface area contributed by atoms with Crippen molar-refractivity contribution in [2.45, 2.75) is 13.1 Å². The summed E-state index contributed by atoms with van der Waals surface area (Å²) in [6.07, 6.45) is 3.51. The number of aromatic nitrogens is 2. The molecule has 0 unspecified atom stereocenters. The Morgan fingerprint density at radius 1 is 1.21 bits per heavy atom. The zero-order valence-corrected chi connectivity index (χ0v) is 10.7. The molecule has 1 N–H and O–H groups in total. The van der Waals surface area contributed by atoms with Gasteiger partial charge in [-0.25, -0.2) is 9.78 Å². The van der Waals surface area contributed by atoms with Crippen LogP contribution in [-0.4, -0.2) is 33.0 Å². The van der Waals surface area contributed by atoms with Crippen molar-refractivity contribution in [3.05, 3.63) is 59.7 Å². The van der Waals surface area contributed by atoms with Gasteiger partial charge in [-0.15, -0.1) is 0 Å². The molecule has 2 rings (SSSR count). The largest absolute Gasteiger partial charge is 0.477 e. The Bertz CT molecular complexity index is 558. The molecular weight excluding hydrogens is 242 g/mol. The average molecular weight is 257 g/mol. The molecule has 2 aromatic heterocycles. The lowest BCUT2D eigenvalue weighted by Crippen LogP contribution is -2.18. The molecule has 0 fully saturated rings. The van der Waals surface area contributed by atoms with Crippen LogP contribution in [0.5, 0.6) is 0 Å². The summed E-state index contributed by atoms with van der Waals surface area (Å²) in [5.74, 6) is -1.00. The van der Waals surface area contributed by atoms with Crippen LogP contribution in [0.1, 0.15) is 21.7 Å². The molecule has 5 nitrogen and oxygen atoms in total. The van der Waals surface area contributed by atoms with Gasteiger partial charge in [0.1, 0.15) is 5.69 Å². The molecule has 0 saturated carbocycles. The molecule has 98 valence electrons. The third kappa shape index (κ3) is 3.86. The van der Waals surface area contributed by atoms with E-state index in [1.807, 2.05) is 25.2 Å². The van der Waals surface area contributed by atoms with E-state index in [0.717, 1.165) is 17.8 Å². The molecule has 5 heteroatoms. The van der Waals surface area contributed by atoms with E-state index in [9.17, 15) is 4.79 Å². The minimum absolute atomic E-state index is 0.0785. The molecule has 0 aliphatic carbocycles. The predicted molar refractivity (Wildman–Crippen MR) is 70.6 cm³/mol. The minimum Gasteiger partial charge on any atom is -0.477 e. The summed E-state index contributed by atoms with van der Waals surface area (Å²) in [6.45, 7) is 1.37. The Morgan fingerprint density at radius 3 is 2.63 bits per heavy atom. The van der Waals surface area contributed by atoms with Gasteiger partial charge in [0.05, 0.1) is 5.69 Å². The summed E-state index contributed by atoms with van der Waals surface area (Å²) in [4.78, 5) is 21.0. The van der Waals surface area contributed by atoms with Gasteiger partial charge in [-0.1, -0.05) is 6.07 Å². The third-order valence-corrected chi connectivity index (χ3v) is 2.66. The van der Waals surface area contributed by atoms with E-state index >= 15 is 0 Å². The topological polar surface area (TPSA) is 66.3 Å². The second kappa shape index (κ2) is 6.06. The number of carbonyl (C=O) groups is 1. The highest BCUT2D eigenvalue weighted by molar-refractivity contribution is 5.85. The maximum absolute atomic E-state index is 10.8. The molecule has 0 aliphatic heterocycles. The first-order valence-corrected chi connectivity index (χ1v) is 5.92. The number of pyridine rings is 2. The molecule has 0 amide bonds. The van der Waals surface area contributed by atoms with Crippen LogP contribution in [0.2, 0.25) is 0 Å². The van der Waals surface area contributed by atoms with Gasteiger partial charge in [-0.3, -0.25) is 9.88 Å². The van der Waals surface area contributed by atoms with E-state index in [-0.39, 0.29) is 5.69 Å². The maximum atomic E-state index is 10.8. The quantitative estimate of drug-likeness (QED) is 0.884. The van der Waals surface area contributed by atoms with Crippen LogP contribution < -0.4 is 0 Å². The molecule has 19 heavy (non-hydrogen) atoms. The van der Waals surface area contributed by atoms with Crippen molar-refractivity contribution < 1.29 is 9.90 Å². The van der Waals surface area contributed by atoms with Crippen LogP contribution in [0.25, 0.3) is 0 Å². The third-order valence-electron chi connectivity index (χ3n) is 2.66. The first-order valence-electron chi connectivity index (χ1n) is 5.92. The van der Waals surface area contributed by atoms with Crippen molar-refractivity contribution in [1.82, 2.24) is 14.9 Å². The number of rotatable bonds is 5. The fraction of sp³-hybridized carbons (Fsp3) is 0.214. The molecule has 0 aliphatic rings. The van der Waals surface area contributed by atoms with Gasteiger partial charge in [0, 0.05) is 25.5 Å². The molecular formula is C14H15N3O2. The van der Waals surface area contributed by atoms with Crippen molar-refractivity contribution in [3.63, 3.8) is 0 Å². The SMILES string of the molecule is CN(Cc1ccncc1)Cc1cccc(C(=O)O)n1. The van der Waals surface area contributed by atoms with Gasteiger partial charge in [-0.05, 0) is 36.9 Å². The monoisotopic (exact) mass is 257 g/mol. The molecule has 0 aromatic carbocycles. The van der Waals surface area contributed by atoms with Crippen LogP contribution in [-0.2, 0) is 13.1 Å². The predicted octanol–water partition coefficient (Wildman–Crippen LogP) is 1.81. The van der Waals surface area contributed by atoms with Crippen molar-refractivity contribution >= 4 is 5.97 Å². The zero-order valence-electron chi connectivity index (χ0n) is 10.7.